The van der Waals surface area contributed by atoms with E-state index in [4.69, 9.17) is 5.73 Å². The van der Waals surface area contributed by atoms with Crippen LogP contribution in [-0.4, -0.2) is 28.3 Å². The Morgan fingerprint density at radius 3 is 2.91 bits per heavy atom. The fourth-order valence-electron chi connectivity index (χ4n) is 3.26. The van der Waals surface area contributed by atoms with Gasteiger partial charge in [-0.15, -0.1) is 0 Å². The first-order valence-corrected chi connectivity index (χ1v) is 8.34. The van der Waals surface area contributed by atoms with Crippen LogP contribution in [0.5, 0.6) is 0 Å². The maximum atomic E-state index is 12.1. The molecule has 0 aliphatic heterocycles. The van der Waals surface area contributed by atoms with Crippen LogP contribution >= 0.6 is 0 Å². The van der Waals surface area contributed by atoms with Gasteiger partial charge in [-0.05, 0) is 49.4 Å². The predicted octanol–water partition coefficient (Wildman–Crippen LogP) is 2.05. The van der Waals surface area contributed by atoms with Gasteiger partial charge >= 0.3 is 0 Å². The molecule has 1 aromatic heterocycles. The van der Waals surface area contributed by atoms with Gasteiger partial charge in [0.1, 0.15) is 0 Å². The number of hydrogen-bond acceptors (Lipinski definition) is 3. The molecule has 1 aliphatic carbocycles. The lowest BCUT2D eigenvalue weighted by Crippen LogP contribution is -2.39. The summed E-state index contributed by atoms with van der Waals surface area (Å²) in [5.41, 5.74) is 7.86. The van der Waals surface area contributed by atoms with Crippen LogP contribution in [0.2, 0.25) is 0 Å². The van der Waals surface area contributed by atoms with Crippen molar-refractivity contribution in [2.24, 2.45) is 11.7 Å². The summed E-state index contributed by atoms with van der Waals surface area (Å²) in [6, 6.07) is 10.2. The highest BCUT2D eigenvalue weighted by atomic mass is 16.1. The minimum atomic E-state index is 0.114. The molecule has 3 rings (SSSR count). The fourth-order valence-corrected chi connectivity index (χ4v) is 3.26. The summed E-state index contributed by atoms with van der Waals surface area (Å²) in [7, 11) is 0. The zero-order valence-electron chi connectivity index (χ0n) is 13.3. The number of benzene rings is 1. The highest BCUT2D eigenvalue weighted by Crippen LogP contribution is 2.24. The van der Waals surface area contributed by atoms with Gasteiger partial charge in [0.25, 0.3) is 0 Å². The van der Waals surface area contributed by atoms with Crippen LogP contribution in [0.3, 0.4) is 0 Å². The van der Waals surface area contributed by atoms with E-state index in [1.54, 1.807) is 0 Å². The van der Waals surface area contributed by atoms with Crippen molar-refractivity contribution in [2.45, 2.75) is 38.1 Å². The maximum Gasteiger partial charge on any atom is 0.220 e. The molecule has 1 aromatic carbocycles. The van der Waals surface area contributed by atoms with Gasteiger partial charge in [0.2, 0.25) is 5.91 Å². The Morgan fingerprint density at radius 2 is 2.13 bits per heavy atom. The smallest absolute Gasteiger partial charge is 0.220 e. The summed E-state index contributed by atoms with van der Waals surface area (Å²) in [6.07, 6.45) is 8.37. The zero-order valence-corrected chi connectivity index (χ0v) is 13.3. The number of carbonyl (C=O) groups excluding carboxylic acids is 1. The van der Waals surface area contributed by atoms with E-state index < -0.39 is 0 Å². The number of nitrogens with two attached hydrogens (primary N) is 1. The second kappa shape index (κ2) is 7.42. The molecule has 1 heterocycles. The van der Waals surface area contributed by atoms with E-state index in [9.17, 15) is 4.79 Å². The van der Waals surface area contributed by atoms with E-state index in [1.165, 1.54) is 0 Å². The van der Waals surface area contributed by atoms with Gasteiger partial charge in [0.05, 0.1) is 11.9 Å². The van der Waals surface area contributed by atoms with Crippen molar-refractivity contribution >= 4 is 5.91 Å². The molecule has 2 unspecified atom stereocenters. The van der Waals surface area contributed by atoms with E-state index in [2.05, 4.69) is 10.4 Å². The number of aromatic nitrogens is 2. The average Bonchev–Trinajstić information content (AvgIpc) is 3.23. The van der Waals surface area contributed by atoms with Gasteiger partial charge in [-0.25, -0.2) is 4.68 Å². The number of carbonyl (C=O) groups is 1. The van der Waals surface area contributed by atoms with Crippen LogP contribution in [0.1, 0.15) is 31.2 Å². The van der Waals surface area contributed by atoms with Crippen molar-refractivity contribution in [3.8, 4) is 5.69 Å². The van der Waals surface area contributed by atoms with Crippen molar-refractivity contribution in [1.82, 2.24) is 15.1 Å². The molecule has 5 nitrogen and oxygen atoms in total. The van der Waals surface area contributed by atoms with E-state index in [0.29, 0.717) is 25.3 Å². The second-order valence-corrected chi connectivity index (χ2v) is 6.23. The van der Waals surface area contributed by atoms with Crippen LogP contribution in [-0.2, 0) is 11.2 Å². The molecule has 0 bridgehead atoms. The van der Waals surface area contributed by atoms with Crippen molar-refractivity contribution < 1.29 is 4.79 Å². The number of rotatable bonds is 6. The standard InChI is InChI=1S/C18H24N4O/c19-11-15-5-4-8-17(15)21-18(23)10-9-14-12-20-22(13-14)16-6-2-1-3-7-16/h1-3,6-7,12-13,15,17H,4-5,8-11,19H2,(H,21,23). The number of nitrogens with zero attached hydrogens (tertiary/aromatic N) is 2. The number of amides is 1. The van der Waals surface area contributed by atoms with Crippen molar-refractivity contribution in [2.75, 3.05) is 6.54 Å². The Balaban J connectivity index is 1.51. The molecule has 2 atom stereocenters. The molecule has 1 saturated carbocycles. The molecule has 0 spiro atoms. The highest BCUT2D eigenvalue weighted by molar-refractivity contribution is 5.76. The highest BCUT2D eigenvalue weighted by Gasteiger charge is 2.27. The largest absolute Gasteiger partial charge is 0.353 e. The van der Waals surface area contributed by atoms with Crippen molar-refractivity contribution in [3.05, 3.63) is 48.3 Å². The quantitative estimate of drug-likeness (QED) is 0.857. The molecule has 1 fully saturated rings. The zero-order chi connectivity index (χ0) is 16.1. The van der Waals surface area contributed by atoms with Crippen LogP contribution < -0.4 is 11.1 Å². The summed E-state index contributed by atoms with van der Waals surface area (Å²) < 4.78 is 1.84. The molecule has 1 aliphatic rings. The Hall–Kier alpha value is -2.14. The van der Waals surface area contributed by atoms with Gasteiger partial charge in [-0.1, -0.05) is 24.6 Å². The summed E-state index contributed by atoms with van der Waals surface area (Å²) in [5, 5.41) is 7.50. The molecule has 5 heteroatoms. The third kappa shape index (κ3) is 3.99. The second-order valence-electron chi connectivity index (χ2n) is 6.23. The summed E-state index contributed by atoms with van der Waals surface area (Å²) >= 11 is 0. The number of nitrogens with one attached hydrogen (secondary N) is 1. The van der Waals surface area contributed by atoms with E-state index >= 15 is 0 Å². The normalized spacial score (nSPS) is 20.6. The minimum absolute atomic E-state index is 0.114. The molecule has 2 aromatic rings. The van der Waals surface area contributed by atoms with Gasteiger partial charge in [-0.3, -0.25) is 4.79 Å². The first-order chi connectivity index (χ1) is 11.3. The Morgan fingerprint density at radius 1 is 1.30 bits per heavy atom. The van der Waals surface area contributed by atoms with Crippen LogP contribution in [0.15, 0.2) is 42.7 Å². The Labute approximate surface area is 136 Å². The third-order valence-corrected chi connectivity index (χ3v) is 4.61. The van der Waals surface area contributed by atoms with Crippen molar-refractivity contribution in [1.29, 1.82) is 0 Å². The van der Waals surface area contributed by atoms with Gasteiger partial charge in [0, 0.05) is 18.7 Å². The lowest BCUT2D eigenvalue weighted by atomic mass is 10.0. The lowest BCUT2D eigenvalue weighted by Gasteiger charge is -2.19. The molecule has 23 heavy (non-hydrogen) atoms. The van der Waals surface area contributed by atoms with Crippen molar-refractivity contribution in [3.63, 3.8) is 0 Å². The summed E-state index contributed by atoms with van der Waals surface area (Å²) in [5.74, 6) is 0.558. The van der Waals surface area contributed by atoms with E-state index in [0.717, 1.165) is 30.5 Å². The Bertz CT molecular complexity index is 637. The predicted molar refractivity (Wildman–Crippen MR) is 90.2 cm³/mol. The summed E-state index contributed by atoms with van der Waals surface area (Å²) in [4.78, 5) is 12.1. The first-order valence-electron chi connectivity index (χ1n) is 8.34. The topological polar surface area (TPSA) is 72.9 Å². The molecular formula is C18H24N4O. The molecule has 0 saturated heterocycles. The molecule has 1 amide bonds. The number of aryl methyl sites for hydroxylation is 1. The third-order valence-electron chi connectivity index (χ3n) is 4.61. The first kappa shape index (κ1) is 15.7. The number of hydrogen-bond donors (Lipinski definition) is 2. The maximum absolute atomic E-state index is 12.1. The van der Waals surface area contributed by atoms with Crippen LogP contribution in [0.25, 0.3) is 5.69 Å². The molecule has 122 valence electrons. The van der Waals surface area contributed by atoms with E-state index in [1.807, 2.05) is 47.4 Å². The van der Waals surface area contributed by atoms with E-state index in [-0.39, 0.29) is 11.9 Å². The van der Waals surface area contributed by atoms with Gasteiger partial charge in [0.15, 0.2) is 0 Å². The minimum Gasteiger partial charge on any atom is -0.353 e. The van der Waals surface area contributed by atoms with Gasteiger partial charge in [-0.2, -0.15) is 5.10 Å². The number of para-hydroxylation sites is 1. The molecule has 3 N–H and O–H groups in total. The lowest BCUT2D eigenvalue weighted by molar-refractivity contribution is -0.122. The SMILES string of the molecule is NCC1CCCC1NC(=O)CCc1cnn(-c2ccccc2)c1. The molecule has 0 radical (unpaired) electrons. The summed E-state index contributed by atoms with van der Waals surface area (Å²) in [6.45, 7) is 0.662. The molecular weight excluding hydrogens is 288 g/mol. The Kier molecular flexibility index (Phi) is 5.08. The van der Waals surface area contributed by atoms with Crippen LogP contribution in [0.4, 0.5) is 0 Å². The van der Waals surface area contributed by atoms with Crippen LogP contribution in [0, 0.1) is 5.92 Å². The average molecular weight is 312 g/mol. The monoisotopic (exact) mass is 312 g/mol. The fraction of sp³-hybridized carbons (Fsp3) is 0.444. The van der Waals surface area contributed by atoms with Gasteiger partial charge < -0.3 is 11.1 Å².